The summed E-state index contributed by atoms with van der Waals surface area (Å²) < 4.78 is 27.1. The Morgan fingerprint density at radius 3 is 2.58 bits per heavy atom. The van der Waals surface area contributed by atoms with Gasteiger partial charge >= 0.3 is 0 Å². The summed E-state index contributed by atoms with van der Waals surface area (Å²) in [5, 5.41) is 2.96. The van der Waals surface area contributed by atoms with Crippen LogP contribution >= 0.6 is 0 Å². The standard InChI is InChI=1S/C18H30N4O3S/c1-20(2)26(24,25)22-14-7-9-16(15-22)18(23)19-12-8-13-21(3)17-10-5-4-6-11-17/h4-6,10-11,16H,7-9,12-15H2,1-3H3,(H,19,23)/t16-/m1/s1. The minimum atomic E-state index is -3.45. The maximum absolute atomic E-state index is 12.4. The van der Waals surface area contributed by atoms with E-state index in [1.807, 2.05) is 25.2 Å². The van der Waals surface area contributed by atoms with Gasteiger partial charge < -0.3 is 10.2 Å². The SMILES string of the molecule is CN(CCCNC(=O)[C@@H]1CCCN(S(=O)(=O)N(C)C)C1)c1ccccc1. The van der Waals surface area contributed by atoms with Crippen molar-refractivity contribution >= 4 is 21.8 Å². The highest BCUT2D eigenvalue weighted by atomic mass is 32.2. The second kappa shape index (κ2) is 9.34. The summed E-state index contributed by atoms with van der Waals surface area (Å²) in [5.74, 6) is -0.323. The molecule has 1 atom stereocenters. The topological polar surface area (TPSA) is 73.0 Å². The zero-order valence-corrected chi connectivity index (χ0v) is 16.7. The van der Waals surface area contributed by atoms with Crippen molar-refractivity contribution in [1.29, 1.82) is 0 Å². The van der Waals surface area contributed by atoms with Crippen LogP contribution in [0.25, 0.3) is 0 Å². The lowest BCUT2D eigenvalue weighted by Crippen LogP contribution is -2.49. The molecule has 0 unspecified atom stereocenters. The highest BCUT2D eigenvalue weighted by molar-refractivity contribution is 7.86. The van der Waals surface area contributed by atoms with Gasteiger partial charge in [0.15, 0.2) is 0 Å². The van der Waals surface area contributed by atoms with Crippen LogP contribution < -0.4 is 10.2 Å². The molecule has 1 aromatic carbocycles. The first kappa shape index (κ1) is 20.7. The van der Waals surface area contributed by atoms with Gasteiger partial charge in [-0.3, -0.25) is 4.79 Å². The minimum Gasteiger partial charge on any atom is -0.375 e. The molecule has 0 radical (unpaired) electrons. The van der Waals surface area contributed by atoms with Gasteiger partial charge in [0.2, 0.25) is 5.91 Å². The van der Waals surface area contributed by atoms with E-state index in [-0.39, 0.29) is 18.4 Å². The van der Waals surface area contributed by atoms with Gasteiger partial charge in [0, 0.05) is 53.0 Å². The maximum atomic E-state index is 12.4. The summed E-state index contributed by atoms with van der Waals surface area (Å²) in [6.45, 7) is 2.17. The van der Waals surface area contributed by atoms with E-state index in [0.717, 1.165) is 25.1 Å². The molecule has 1 aromatic rings. The molecule has 7 nitrogen and oxygen atoms in total. The number of nitrogens with zero attached hydrogens (tertiary/aromatic N) is 3. The zero-order chi connectivity index (χ0) is 19.2. The van der Waals surface area contributed by atoms with Crippen LogP contribution in [0.3, 0.4) is 0 Å². The molecule has 1 fully saturated rings. The van der Waals surface area contributed by atoms with Gasteiger partial charge in [-0.05, 0) is 31.4 Å². The van der Waals surface area contributed by atoms with E-state index in [1.165, 1.54) is 22.7 Å². The van der Waals surface area contributed by atoms with Crippen LogP contribution in [-0.2, 0) is 15.0 Å². The van der Waals surface area contributed by atoms with Crippen LogP contribution in [0.2, 0.25) is 0 Å². The fourth-order valence-electron chi connectivity index (χ4n) is 3.08. The largest absolute Gasteiger partial charge is 0.375 e. The van der Waals surface area contributed by atoms with Crippen molar-refractivity contribution in [2.45, 2.75) is 19.3 Å². The molecule has 1 N–H and O–H groups in total. The van der Waals surface area contributed by atoms with Crippen molar-refractivity contribution in [3.8, 4) is 0 Å². The Morgan fingerprint density at radius 2 is 1.92 bits per heavy atom. The molecular weight excluding hydrogens is 352 g/mol. The van der Waals surface area contributed by atoms with E-state index >= 15 is 0 Å². The lowest BCUT2D eigenvalue weighted by molar-refractivity contribution is -0.126. The fourth-order valence-corrected chi connectivity index (χ4v) is 4.27. The number of piperidine rings is 1. The lowest BCUT2D eigenvalue weighted by Gasteiger charge is -2.32. The molecule has 2 rings (SSSR count). The first-order valence-corrected chi connectivity index (χ1v) is 10.4. The summed E-state index contributed by atoms with van der Waals surface area (Å²) in [4.78, 5) is 14.5. The molecule has 0 aliphatic carbocycles. The van der Waals surface area contributed by atoms with E-state index in [2.05, 4.69) is 22.3 Å². The fraction of sp³-hybridized carbons (Fsp3) is 0.611. The second-order valence-electron chi connectivity index (χ2n) is 6.89. The predicted octanol–water partition coefficient (Wildman–Crippen LogP) is 1.15. The predicted molar refractivity (Wildman–Crippen MR) is 104 cm³/mol. The summed E-state index contributed by atoms with van der Waals surface area (Å²) in [6.07, 6.45) is 2.28. The van der Waals surface area contributed by atoms with Gasteiger partial charge in [0.05, 0.1) is 5.92 Å². The monoisotopic (exact) mass is 382 g/mol. The van der Waals surface area contributed by atoms with E-state index in [4.69, 9.17) is 0 Å². The van der Waals surface area contributed by atoms with Crippen molar-refractivity contribution in [1.82, 2.24) is 13.9 Å². The number of carbonyl (C=O) groups is 1. The van der Waals surface area contributed by atoms with Crippen LogP contribution in [0.5, 0.6) is 0 Å². The average Bonchev–Trinajstić information content (AvgIpc) is 2.65. The van der Waals surface area contributed by atoms with Gasteiger partial charge in [-0.1, -0.05) is 18.2 Å². The van der Waals surface area contributed by atoms with Crippen LogP contribution in [0.1, 0.15) is 19.3 Å². The smallest absolute Gasteiger partial charge is 0.281 e. The molecule has 26 heavy (non-hydrogen) atoms. The third-order valence-corrected chi connectivity index (χ3v) is 6.62. The van der Waals surface area contributed by atoms with E-state index < -0.39 is 10.2 Å². The molecule has 1 heterocycles. The molecule has 1 aliphatic rings. The van der Waals surface area contributed by atoms with Crippen LogP contribution in [0.15, 0.2) is 30.3 Å². The number of nitrogens with one attached hydrogen (secondary N) is 1. The Balaban J connectivity index is 1.75. The Morgan fingerprint density at radius 1 is 1.23 bits per heavy atom. The highest BCUT2D eigenvalue weighted by Crippen LogP contribution is 2.20. The molecule has 0 spiro atoms. The number of carbonyl (C=O) groups excluding carboxylic acids is 1. The Kier molecular flexibility index (Phi) is 7.43. The van der Waals surface area contributed by atoms with Gasteiger partial charge in [-0.2, -0.15) is 17.0 Å². The van der Waals surface area contributed by atoms with E-state index in [1.54, 1.807) is 0 Å². The van der Waals surface area contributed by atoms with Gasteiger partial charge in [-0.15, -0.1) is 0 Å². The molecular formula is C18H30N4O3S. The number of amides is 1. The van der Waals surface area contributed by atoms with Gasteiger partial charge in [0.1, 0.15) is 0 Å². The minimum absolute atomic E-state index is 0.0500. The van der Waals surface area contributed by atoms with Crippen molar-refractivity contribution in [2.24, 2.45) is 5.92 Å². The molecule has 146 valence electrons. The molecule has 0 aromatic heterocycles. The maximum Gasteiger partial charge on any atom is 0.281 e. The van der Waals surface area contributed by atoms with Crippen molar-refractivity contribution < 1.29 is 13.2 Å². The first-order valence-electron chi connectivity index (χ1n) is 9.04. The van der Waals surface area contributed by atoms with Gasteiger partial charge in [0.25, 0.3) is 10.2 Å². The normalized spacial score (nSPS) is 18.7. The zero-order valence-electron chi connectivity index (χ0n) is 15.9. The number of para-hydroxylation sites is 1. The molecule has 8 heteroatoms. The molecule has 1 amide bonds. The summed E-state index contributed by atoms with van der Waals surface area (Å²) >= 11 is 0. The molecule has 0 bridgehead atoms. The quantitative estimate of drug-likeness (QED) is 0.685. The average molecular weight is 383 g/mol. The highest BCUT2D eigenvalue weighted by Gasteiger charge is 2.33. The number of hydrogen-bond donors (Lipinski definition) is 1. The van der Waals surface area contributed by atoms with E-state index in [9.17, 15) is 13.2 Å². The van der Waals surface area contributed by atoms with Crippen molar-refractivity contribution in [3.05, 3.63) is 30.3 Å². The van der Waals surface area contributed by atoms with Crippen LogP contribution in [0, 0.1) is 5.92 Å². The summed E-state index contributed by atoms with van der Waals surface area (Å²) in [5.41, 5.74) is 1.15. The summed E-state index contributed by atoms with van der Waals surface area (Å²) in [6, 6.07) is 10.1. The Bertz CT molecular complexity index is 679. The van der Waals surface area contributed by atoms with E-state index in [0.29, 0.717) is 19.5 Å². The number of hydrogen-bond acceptors (Lipinski definition) is 4. The number of benzene rings is 1. The third-order valence-electron chi connectivity index (χ3n) is 4.71. The Labute approximate surface area is 157 Å². The van der Waals surface area contributed by atoms with Crippen LogP contribution in [-0.4, -0.2) is 70.3 Å². The van der Waals surface area contributed by atoms with Crippen molar-refractivity contribution in [2.75, 3.05) is 52.2 Å². The molecule has 1 aliphatic heterocycles. The first-order chi connectivity index (χ1) is 12.3. The Hall–Kier alpha value is -1.64. The van der Waals surface area contributed by atoms with Crippen molar-refractivity contribution in [3.63, 3.8) is 0 Å². The number of anilines is 1. The molecule has 1 saturated heterocycles. The summed E-state index contributed by atoms with van der Waals surface area (Å²) in [7, 11) is 1.61. The second-order valence-corrected chi connectivity index (χ2v) is 9.03. The third kappa shape index (κ3) is 5.43. The van der Waals surface area contributed by atoms with Gasteiger partial charge in [-0.25, -0.2) is 0 Å². The van der Waals surface area contributed by atoms with Crippen LogP contribution in [0.4, 0.5) is 5.69 Å². The number of rotatable bonds is 8. The molecule has 0 saturated carbocycles. The lowest BCUT2D eigenvalue weighted by atomic mass is 9.99.